The summed E-state index contributed by atoms with van der Waals surface area (Å²) in [7, 11) is -4.11. The van der Waals surface area contributed by atoms with Crippen LogP contribution in [0.3, 0.4) is 0 Å². The quantitative estimate of drug-likeness (QED) is 0.594. The second kappa shape index (κ2) is 6.24. The molecule has 3 N–H and O–H groups in total. The third-order valence-corrected chi connectivity index (χ3v) is 2.66. The Morgan fingerprint density at radius 1 is 1.22 bits per heavy atom. The number of nitrogens with two attached hydrogens (primary N) is 1. The summed E-state index contributed by atoms with van der Waals surface area (Å²) in [5, 5.41) is 0.231. The van der Waals surface area contributed by atoms with E-state index in [0.29, 0.717) is 5.69 Å². The maximum Gasteiger partial charge on any atom is 0.294 e. The van der Waals surface area contributed by atoms with Crippen molar-refractivity contribution in [2.45, 2.75) is 4.90 Å². The van der Waals surface area contributed by atoms with Gasteiger partial charge in [0.05, 0.1) is 4.90 Å². The first-order chi connectivity index (χ1) is 8.39. The monoisotopic (exact) mass is 288 g/mol. The van der Waals surface area contributed by atoms with Crippen molar-refractivity contribution in [1.82, 2.24) is 15.0 Å². The predicted molar refractivity (Wildman–Crippen MR) is 65.5 cm³/mol. The van der Waals surface area contributed by atoms with Crippen molar-refractivity contribution in [3.63, 3.8) is 0 Å². The van der Waals surface area contributed by atoms with Crippen molar-refractivity contribution in [3.8, 4) is 0 Å². The second-order valence-corrected chi connectivity index (χ2v) is 4.71. The summed E-state index contributed by atoms with van der Waals surface area (Å²) in [4.78, 5) is 10.4. The maximum atomic E-state index is 10.5. The summed E-state index contributed by atoms with van der Waals surface area (Å²) in [5.74, 6) is 0. The standard InChI is InChI=1S/C6H7NO3S.C3H2ClN3/c7-5-2-1-3-6(4-5)11(8,9)10;4-3-6-1-5-2-7-3/h1-4H,7H2,(H,8,9,10);1-2H. The van der Waals surface area contributed by atoms with E-state index < -0.39 is 10.1 Å². The van der Waals surface area contributed by atoms with Gasteiger partial charge in [0.25, 0.3) is 10.1 Å². The number of nitrogens with zero attached hydrogens (tertiary/aromatic N) is 3. The largest absolute Gasteiger partial charge is 0.399 e. The summed E-state index contributed by atoms with van der Waals surface area (Å²) < 4.78 is 29.5. The molecule has 1 aromatic heterocycles. The molecule has 0 fully saturated rings. The number of hydrogen-bond donors (Lipinski definition) is 2. The number of rotatable bonds is 1. The van der Waals surface area contributed by atoms with Gasteiger partial charge in [0.2, 0.25) is 5.28 Å². The topological polar surface area (TPSA) is 119 Å². The molecule has 0 unspecified atom stereocenters. The molecule has 2 rings (SSSR count). The van der Waals surface area contributed by atoms with E-state index in [0.717, 1.165) is 0 Å². The Morgan fingerprint density at radius 3 is 2.17 bits per heavy atom. The van der Waals surface area contributed by atoms with Crippen LogP contribution >= 0.6 is 11.6 Å². The Labute approximate surface area is 108 Å². The summed E-state index contributed by atoms with van der Waals surface area (Å²) >= 11 is 5.28. The lowest BCUT2D eigenvalue weighted by atomic mass is 10.3. The van der Waals surface area contributed by atoms with Gasteiger partial charge >= 0.3 is 0 Å². The van der Waals surface area contributed by atoms with Crippen LogP contribution in [-0.2, 0) is 10.1 Å². The van der Waals surface area contributed by atoms with Gasteiger partial charge in [0.15, 0.2) is 0 Å². The van der Waals surface area contributed by atoms with Gasteiger partial charge in [-0.25, -0.2) is 15.0 Å². The zero-order chi connectivity index (χ0) is 13.6. The molecule has 96 valence electrons. The maximum absolute atomic E-state index is 10.5. The number of nitrogen functional groups attached to an aromatic ring is 1. The van der Waals surface area contributed by atoms with E-state index in [1.807, 2.05) is 0 Å². The fourth-order valence-corrected chi connectivity index (χ4v) is 1.52. The summed E-state index contributed by atoms with van der Waals surface area (Å²) in [5.41, 5.74) is 5.59. The number of benzene rings is 1. The van der Waals surface area contributed by atoms with Gasteiger partial charge in [-0.2, -0.15) is 8.42 Å². The molecule has 18 heavy (non-hydrogen) atoms. The molecule has 0 saturated carbocycles. The molecule has 1 aromatic carbocycles. The number of aromatic nitrogens is 3. The Balaban J connectivity index is 0.000000199. The number of anilines is 1. The van der Waals surface area contributed by atoms with E-state index in [1.54, 1.807) is 0 Å². The van der Waals surface area contributed by atoms with E-state index in [1.165, 1.54) is 36.9 Å². The highest BCUT2D eigenvalue weighted by molar-refractivity contribution is 7.85. The molecule has 0 aliphatic carbocycles. The second-order valence-electron chi connectivity index (χ2n) is 2.95. The van der Waals surface area contributed by atoms with Crippen LogP contribution in [-0.4, -0.2) is 27.9 Å². The van der Waals surface area contributed by atoms with Gasteiger partial charge in [0, 0.05) is 5.69 Å². The average molecular weight is 289 g/mol. The lowest BCUT2D eigenvalue weighted by Crippen LogP contribution is -1.98. The zero-order valence-corrected chi connectivity index (χ0v) is 10.5. The van der Waals surface area contributed by atoms with Crippen molar-refractivity contribution in [3.05, 3.63) is 42.2 Å². The lowest BCUT2D eigenvalue weighted by Gasteiger charge is -1.96. The van der Waals surface area contributed by atoms with Crippen molar-refractivity contribution in [2.75, 3.05) is 5.73 Å². The minimum absolute atomic E-state index is 0.183. The smallest absolute Gasteiger partial charge is 0.294 e. The van der Waals surface area contributed by atoms with Gasteiger partial charge in [-0.15, -0.1) is 0 Å². The Kier molecular flexibility index (Phi) is 4.95. The molecule has 0 saturated heterocycles. The Hall–Kier alpha value is -1.77. The highest BCUT2D eigenvalue weighted by Crippen LogP contribution is 2.11. The van der Waals surface area contributed by atoms with Gasteiger partial charge in [-0.1, -0.05) is 6.07 Å². The molecule has 7 nitrogen and oxygen atoms in total. The van der Waals surface area contributed by atoms with Crippen LogP contribution in [0.1, 0.15) is 0 Å². The van der Waals surface area contributed by atoms with Crippen LogP contribution in [0.5, 0.6) is 0 Å². The van der Waals surface area contributed by atoms with E-state index in [2.05, 4.69) is 15.0 Å². The van der Waals surface area contributed by atoms with Gasteiger partial charge < -0.3 is 5.73 Å². The molecular weight excluding hydrogens is 280 g/mol. The van der Waals surface area contributed by atoms with E-state index in [4.69, 9.17) is 21.9 Å². The third kappa shape index (κ3) is 5.04. The van der Waals surface area contributed by atoms with Crippen LogP contribution < -0.4 is 5.73 Å². The zero-order valence-electron chi connectivity index (χ0n) is 8.93. The highest BCUT2D eigenvalue weighted by atomic mass is 35.5. The van der Waals surface area contributed by atoms with Crippen molar-refractivity contribution >= 4 is 27.4 Å². The van der Waals surface area contributed by atoms with Gasteiger partial charge in [-0.05, 0) is 29.8 Å². The first-order valence-electron chi connectivity index (χ1n) is 4.50. The van der Waals surface area contributed by atoms with Crippen LogP contribution in [0.4, 0.5) is 5.69 Å². The van der Waals surface area contributed by atoms with Crippen LogP contribution in [0.15, 0.2) is 41.8 Å². The molecule has 0 amide bonds. The molecule has 0 aliphatic rings. The Morgan fingerprint density at radius 2 is 1.83 bits per heavy atom. The van der Waals surface area contributed by atoms with E-state index in [-0.39, 0.29) is 10.2 Å². The third-order valence-electron chi connectivity index (χ3n) is 1.62. The number of halogens is 1. The van der Waals surface area contributed by atoms with Crippen molar-refractivity contribution < 1.29 is 13.0 Å². The molecular formula is C9H9ClN4O3S. The predicted octanol–water partition coefficient (Wildman–Crippen LogP) is 1.04. The van der Waals surface area contributed by atoms with Crippen LogP contribution in [0, 0.1) is 0 Å². The first-order valence-corrected chi connectivity index (χ1v) is 6.32. The van der Waals surface area contributed by atoms with Crippen LogP contribution in [0.2, 0.25) is 5.28 Å². The molecule has 1 heterocycles. The summed E-state index contributed by atoms with van der Waals surface area (Å²) in [6.45, 7) is 0. The first kappa shape index (κ1) is 14.3. The molecule has 2 aromatic rings. The normalized spacial score (nSPS) is 10.3. The molecule has 9 heteroatoms. The SMILES string of the molecule is Clc1ncncn1.Nc1cccc(S(=O)(=O)O)c1. The van der Waals surface area contributed by atoms with Gasteiger partial charge in [-0.3, -0.25) is 4.55 Å². The summed E-state index contributed by atoms with van der Waals surface area (Å²) in [6, 6.07) is 5.45. The molecule has 0 spiro atoms. The Bertz CT molecular complexity index is 606. The van der Waals surface area contributed by atoms with Crippen molar-refractivity contribution in [1.29, 1.82) is 0 Å². The van der Waals surface area contributed by atoms with Crippen molar-refractivity contribution in [2.24, 2.45) is 0 Å². The average Bonchev–Trinajstić information content (AvgIpc) is 2.30. The van der Waals surface area contributed by atoms with Gasteiger partial charge in [0.1, 0.15) is 12.7 Å². The minimum atomic E-state index is -4.11. The lowest BCUT2D eigenvalue weighted by molar-refractivity contribution is 0.483. The molecule has 0 aliphatic heterocycles. The summed E-state index contributed by atoms with van der Waals surface area (Å²) in [6.07, 6.45) is 2.69. The minimum Gasteiger partial charge on any atom is -0.399 e. The highest BCUT2D eigenvalue weighted by Gasteiger charge is 2.07. The van der Waals surface area contributed by atoms with E-state index >= 15 is 0 Å². The number of hydrogen-bond acceptors (Lipinski definition) is 6. The molecule has 0 atom stereocenters. The molecule has 0 radical (unpaired) electrons. The molecule has 0 bridgehead atoms. The van der Waals surface area contributed by atoms with E-state index in [9.17, 15) is 8.42 Å². The van der Waals surface area contributed by atoms with Crippen LogP contribution in [0.25, 0.3) is 0 Å². The fraction of sp³-hybridized carbons (Fsp3) is 0. The fourth-order valence-electron chi connectivity index (χ4n) is 0.900.